The van der Waals surface area contributed by atoms with Crippen molar-refractivity contribution in [3.8, 4) is 5.75 Å². The fourth-order valence-corrected chi connectivity index (χ4v) is 3.01. The van der Waals surface area contributed by atoms with Crippen LogP contribution < -0.4 is 4.74 Å². The Hall–Kier alpha value is -2.40. The molecule has 126 valence electrons. The molecule has 0 saturated carbocycles. The molecule has 5 heteroatoms. The highest BCUT2D eigenvalue weighted by Crippen LogP contribution is 2.24. The summed E-state index contributed by atoms with van der Waals surface area (Å²) in [6.45, 7) is 3.17. The Morgan fingerprint density at radius 1 is 1.29 bits per heavy atom. The van der Waals surface area contributed by atoms with Crippen molar-refractivity contribution in [3.05, 3.63) is 53.4 Å². The summed E-state index contributed by atoms with van der Waals surface area (Å²) >= 11 is 0. The lowest BCUT2D eigenvalue weighted by Gasteiger charge is -2.17. The molecule has 0 N–H and O–H groups in total. The van der Waals surface area contributed by atoms with Crippen molar-refractivity contribution in [2.24, 2.45) is 7.05 Å². The summed E-state index contributed by atoms with van der Waals surface area (Å²) < 4.78 is 7.11. The van der Waals surface area contributed by atoms with E-state index < -0.39 is 0 Å². The van der Waals surface area contributed by atoms with E-state index in [1.165, 1.54) is 12.8 Å². The maximum Gasteiger partial charge on any atom is 0.206 e. The molecule has 0 spiro atoms. The molecule has 0 radical (unpaired) electrons. The van der Waals surface area contributed by atoms with E-state index >= 15 is 0 Å². The minimum atomic E-state index is -0.0903. The third-order valence-corrected chi connectivity index (χ3v) is 4.29. The molecule has 1 fully saturated rings. The molecular weight excluding hydrogens is 302 g/mol. The first-order valence-electron chi connectivity index (χ1n) is 8.27. The number of rotatable bonds is 6. The van der Waals surface area contributed by atoms with Gasteiger partial charge in [0.05, 0.1) is 7.11 Å². The number of allylic oxidation sites excluding steroid dienone is 1. The number of hydrogen-bond donors (Lipinski definition) is 0. The average Bonchev–Trinajstić information content (AvgIpc) is 3.24. The molecule has 2 heterocycles. The molecule has 0 bridgehead atoms. The summed E-state index contributed by atoms with van der Waals surface area (Å²) in [6.07, 6.45) is 7.71. The molecule has 0 atom stereocenters. The first-order chi connectivity index (χ1) is 11.7. The molecule has 0 amide bonds. The molecule has 2 aromatic rings. The number of aromatic nitrogens is 2. The summed E-state index contributed by atoms with van der Waals surface area (Å²) in [5.41, 5.74) is 2.61. The minimum absolute atomic E-state index is 0.0903. The van der Waals surface area contributed by atoms with E-state index in [0.29, 0.717) is 5.69 Å². The van der Waals surface area contributed by atoms with Crippen LogP contribution in [0.1, 0.15) is 34.5 Å². The molecule has 1 aromatic carbocycles. The fraction of sp³-hybridized carbons (Fsp3) is 0.368. The van der Waals surface area contributed by atoms with Gasteiger partial charge in [-0.15, -0.1) is 0 Å². The Bertz CT molecular complexity index is 743. The number of likely N-dealkylation sites (tertiary alicyclic amines) is 1. The van der Waals surface area contributed by atoms with Crippen molar-refractivity contribution < 1.29 is 9.53 Å². The number of aryl methyl sites for hydroxylation is 1. The summed E-state index contributed by atoms with van der Waals surface area (Å²) in [4.78, 5) is 14.6. The quantitative estimate of drug-likeness (QED) is 0.605. The van der Waals surface area contributed by atoms with Crippen molar-refractivity contribution in [1.82, 2.24) is 14.7 Å². The molecule has 5 nitrogen and oxygen atoms in total. The second-order valence-electron chi connectivity index (χ2n) is 6.13. The van der Waals surface area contributed by atoms with Gasteiger partial charge in [0.25, 0.3) is 0 Å². The third-order valence-electron chi connectivity index (χ3n) is 4.29. The summed E-state index contributed by atoms with van der Waals surface area (Å²) in [6, 6.07) is 7.75. The second-order valence-corrected chi connectivity index (χ2v) is 6.13. The highest BCUT2D eigenvalue weighted by atomic mass is 16.5. The normalized spacial score (nSPS) is 15.2. The number of carbonyl (C=O) groups excluding carboxylic acids is 1. The van der Waals surface area contributed by atoms with Crippen LogP contribution in [0.5, 0.6) is 5.75 Å². The zero-order valence-electron chi connectivity index (χ0n) is 14.2. The number of ketones is 1. The number of nitrogens with zero attached hydrogens (tertiary/aromatic N) is 3. The Labute approximate surface area is 142 Å². The van der Waals surface area contributed by atoms with Crippen LogP contribution in [0.2, 0.25) is 0 Å². The highest BCUT2D eigenvalue weighted by molar-refractivity contribution is 6.05. The predicted octanol–water partition coefficient (Wildman–Crippen LogP) is 2.92. The van der Waals surface area contributed by atoms with Crippen molar-refractivity contribution >= 4 is 11.9 Å². The zero-order valence-corrected chi connectivity index (χ0v) is 14.2. The van der Waals surface area contributed by atoms with Crippen LogP contribution in [-0.2, 0) is 13.6 Å². The first-order valence-corrected chi connectivity index (χ1v) is 8.27. The van der Waals surface area contributed by atoms with Gasteiger partial charge in [-0.3, -0.25) is 14.4 Å². The summed E-state index contributed by atoms with van der Waals surface area (Å²) in [5.74, 6) is 0.808. The van der Waals surface area contributed by atoms with Gasteiger partial charge in [-0.1, -0.05) is 12.1 Å². The largest absolute Gasteiger partial charge is 0.496 e. The predicted molar refractivity (Wildman–Crippen MR) is 94.1 cm³/mol. The number of ether oxygens (including phenoxy) is 1. The minimum Gasteiger partial charge on any atom is -0.496 e. The molecule has 1 aromatic heterocycles. The van der Waals surface area contributed by atoms with Crippen molar-refractivity contribution in [1.29, 1.82) is 0 Å². The van der Waals surface area contributed by atoms with Gasteiger partial charge < -0.3 is 4.74 Å². The van der Waals surface area contributed by atoms with E-state index in [0.717, 1.165) is 36.5 Å². The Morgan fingerprint density at radius 2 is 2.08 bits per heavy atom. The van der Waals surface area contributed by atoms with Gasteiger partial charge in [0.15, 0.2) is 0 Å². The Morgan fingerprint density at radius 3 is 2.75 bits per heavy atom. The van der Waals surface area contributed by atoms with Gasteiger partial charge in [-0.05, 0) is 55.8 Å². The van der Waals surface area contributed by atoms with E-state index in [1.54, 1.807) is 37.2 Å². The Balaban J connectivity index is 1.75. The van der Waals surface area contributed by atoms with Crippen LogP contribution in [0.3, 0.4) is 0 Å². The van der Waals surface area contributed by atoms with Crippen LogP contribution in [0.4, 0.5) is 0 Å². The lowest BCUT2D eigenvalue weighted by atomic mass is 10.1. The van der Waals surface area contributed by atoms with Crippen molar-refractivity contribution in [3.63, 3.8) is 0 Å². The standard InChI is InChI=1S/C19H23N3O2/c1-21-12-9-17(20-21)18(23)7-5-15-6-8-19(24-2)16(13-15)14-22-10-3-4-11-22/h5-9,12-13H,3-4,10-11,14H2,1-2H3/b7-5+. The average molecular weight is 325 g/mol. The van der Waals surface area contributed by atoms with Gasteiger partial charge in [0, 0.05) is 25.4 Å². The topological polar surface area (TPSA) is 47.4 Å². The lowest BCUT2D eigenvalue weighted by Crippen LogP contribution is -2.18. The maximum atomic E-state index is 12.1. The monoisotopic (exact) mass is 325 g/mol. The highest BCUT2D eigenvalue weighted by Gasteiger charge is 2.14. The van der Waals surface area contributed by atoms with Crippen LogP contribution in [0.15, 0.2) is 36.5 Å². The summed E-state index contributed by atoms with van der Waals surface area (Å²) in [7, 11) is 3.50. The molecule has 24 heavy (non-hydrogen) atoms. The number of carbonyl (C=O) groups is 1. The van der Waals surface area contributed by atoms with Crippen LogP contribution in [0, 0.1) is 0 Å². The smallest absolute Gasteiger partial charge is 0.206 e. The fourth-order valence-electron chi connectivity index (χ4n) is 3.01. The number of methoxy groups -OCH3 is 1. The Kier molecular flexibility index (Phi) is 5.11. The van der Waals surface area contributed by atoms with Gasteiger partial charge in [-0.25, -0.2) is 0 Å². The van der Waals surface area contributed by atoms with Gasteiger partial charge in [0.1, 0.15) is 11.4 Å². The van der Waals surface area contributed by atoms with Crippen molar-refractivity contribution in [2.45, 2.75) is 19.4 Å². The van der Waals surface area contributed by atoms with Crippen molar-refractivity contribution in [2.75, 3.05) is 20.2 Å². The van der Waals surface area contributed by atoms with Gasteiger partial charge >= 0.3 is 0 Å². The summed E-state index contributed by atoms with van der Waals surface area (Å²) in [5, 5.41) is 4.13. The molecule has 1 aliphatic heterocycles. The van der Waals surface area contributed by atoms with E-state index in [4.69, 9.17) is 4.74 Å². The zero-order chi connectivity index (χ0) is 16.9. The first kappa shape index (κ1) is 16.5. The van der Waals surface area contributed by atoms with E-state index in [1.807, 2.05) is 18.2 Å². The van der Waals surface area contributed by atoms with Crippen LogP contribution in [0.25, 0.3) is 6.08 Å². The molecule has 0 aliphatic carbocycles. The third kappa shape index (κ3) is 3.92. The SMILES string of the molecule is COc1ccc(/C=C/C(=O)c2ccn(C)n2)cc1CN1CCCC1. The second kappa shape index (κ2) is 7.45. The molecular formula is C19H23N3O2. The molecule has 3 rings (SSSR count). The van der Waals surface area contributed by atoms with Gasteiger partial charge in [0.2, 0.25) is 5.78 Å². The van der Waals surface area contributed by atoms with Crippen LogP contribution in [-0.4, -0.2) is 40.7 Å². The number of hydrogen-bond acceptors (Lipinski definition) is 4. The molecule has 1 saturated heterocycles. The van der Waals surface area contributed by atoms with Crippen LogP contribution >= 0.6 is 0 Å². The van der Waals surface area contributed by atoms with E-state index in [9.17, 15) is 4.79 Å². The van der Waals surface area contributed by atoms with E-state index in [2.05, 4.69) is 16.1 Å². The maximum absolute atomic E-state index is 12.1. The van der Waals surface area contributed by atoms with E-state index in [-0.39, 0.29) is 5.78 Å². The lowest BCUT2D eigenvalue weighted by molar-refractivity contribution is 0.104. The number of benzene rings is 1. The molecule has 1 aliphatic rings. The van der Waals surface area contributed by atoms with Gasteiger partial charge in [-0.2, -0.15) is 5.10 Å². The molecule has 0 unspecified atom stereocenters.